The summed E-state index contributed by atoms with van der Waals surface area (Å²) in [7, 11) is 0. The predicted octanol–water partition coefficient (Wildman–Crippen LogP) is 4.89. The number of pyridine rings is 2. The fourth-order valence-corrected chi connectivity index (χ4v) is 5.37. The maximum atomic E-state index is 13.0. The zero-order chi connectivity index (χ0) is 22.4. The fourth-order valence-electron chi connectivity index (χ4n) is 5.37. The van der Waals surface area contributed by atoms with Crippen LogP contribution < -0.4 is 5.32 Å². The summed E-state index contributed by atoms with van der Waals surface area (Å²) in [6, 6.07) is 20.1. The van der Waals surface area contributed by atoms with Gasteiger partial charge in [0.25, 0.3) is 0 Å². The molecule has 1 atom stereocenters. The van der Waals surface area contributed by atoms with Crippen molar-refractivity contribution in [1.29, 1.82) is 0 Å². The number of rotatable bonds is 5. The van der Waals surface area contributed by atoms with Crippen molar-refractivity contribution in [2.24, 2.45) is 0 Å². The Morgan fingerprint density at radius 2 is 1.73 bits per heavy atom. The number of nitrogens with one attached hydrogen (secondary N) is 1. The number of phenols is 1. The number of carbonyl (C=O) groups excluding carboxylic acids is 1. The molecule has 2 aromatic carbocycles. The second-order valence-corrected chi connectivity index (χ2v) is 9.28. The topological polar surface area (TPSA) is 75.1 Å². The fraction of sp³-hybridized carbons (Fsp3) is 0.250. The summed E-state index contributed by atoms with van der Waals surface area (Å²) in [6.45, 7) is 0. The molecular weight excluding hydrogens is 410 g/mol. The van der Waals surface area contributed by atoms with E-state index in [4.69, 9.17) is 4.98 Å². The smallest absolute Gasteiger partial charge is 0.237 e. The number of phenolic OH excluding ortho intramolecular Hbond substituents is 1. The van der Waals surface area contributed by atoms with Gasteiger partial charge in [-0.3, -0.25) is 9.78 Å². The number of hydrogen-bond donors (Lipinski definition) is 2. The number of benzene rings is 2. The Hall–Kier alpha value is -3.73. The SMILES string of the molecule is O=C1Nc2ncccc2C12Cc1cc3ccc(CCCCc4ccc(O)cc4)nc3cc1C2. The molecule has 33 heavy (non-hydrogen) atoms. The minimum absolute atomic E-state index is 0.0544. The monoisotopic (exact) mass is 435 g/mol. The van der Waals surface area contributed by atoms with Gasteiger partial charge in [-0.15, -0.1) is 0 Å². The van der Waals surface area contributed by atoms with Crippen LogP contribution in [0.2, 0.25) is 0 Å². The Bertz CT molecular complexity index is 1380. The van der Waals surface area contributed by atoms with Crippen molar-refractivity contribution < 1.29 is 9.90 Å². The molecule has 3 heterocycles. The Balaban J connectivity index is 1.19. The van der Waals surface area contributed by atoms with Gasteiger partial charge in [0.2, 0.25) is 5.91 Å². The van der Waals surface area contributed by atoms with Crippen LogP contribution in [0, 0.1) is 0 Å². The number of fused-ring (bicyclic) bond motifs is 4. The van der Waals surface area contributed by atoms with Crippen LogP contribution in [-0.4, -0.2) is 21.0 Å². The third-order valence-electron chi connectivity index (χ3n) is 7.13. The number of unbranched alkanes of at least 4 members (excludes halogenated alkanes) is 1. The van der Waals surface area contributed by atoms with Gasteiger partial charge in [-0.2, -0.15) is 0 Å². The zero-order valence-corrected chi connectivity index (χ0v) is 18.3. The van der Waals surface area contributed by atoms with Crippen molar-refractivity contribution in [3.63, 3.8) is 0 Å². The number of anilines is 1. The number of aromatic nitrogens is 2. The lowest BCUT2D eigenvalue weighted by molar-refractivity contribution is -0.120. The molecule has 0 fully saturated rings. The molecule has 2 aliphatic rings. The lowest BCUT2D eigenvalue weighted by Gasteiger charge is -2.20. The van der Waals surface area contributed by atoms with Crippen molar-refractivity contribution >= 4 is 22.6 Å². The number of aryl methyl sites for hydroxylation is 2. The van der Waals surface area contributed by atoms with E-state index >= 15 is 0 Å². The van der Waals surface area contributed by atoms with Crippen LogP contribution in [0.3, 0.4) is 0 Å². The molecule has 1 amide bonds. The van der Waals surface area contributed by atoms with E-state index < -0.39 is 5.41 Å². The van der Waals surface area contributed by atoms with Crippen molar-refractivity contribution in [2.45, 2.75) is 43.9 Å². The summed E-state index contributed by atoms with van der Waals surface area (Å²) in [5.74, 6) is 1.07. The Morgan fingerprint density at radius 1 is 0.939 bits per heavy atom. The molecule has 1 aliphatic heterocycles. The molecule has 0 radical (unpaired) electrons. The van der Waals surface area contributed by atoms with E-state index in [9.17, 15) is 9.90 Å². The second kappa shape index (κ2) is 7.69. The van der Waals surface area contributed by atoms with E-state index in [-0.39, 0.29) is 5.91 Å². The van der Waals surface area contributed by atoms with Crippen molar-refractivity contribution in [1.82, 2.24) is 9.97 Å². The minimum atomic E-state index is -0.541. The molecule has 2 N–H and O–H groups in total. The molecular formula is C28H25N3O2. The second-order valence-electron chi connectivity index (χ2n) is 9.28. The number of amides is 1. The number of hydrogen-bond acceptors (Lipinski definition) is 4. The minimum Gasteiger partial charge on any atom is -0.508 e. The van der Waals surface area contributed by atoms with Crippen molar-refractivity contribution in [2.75, 3.05) is 5.32 Å². The van der Waals surface area contributed by atoms with Gasteiger partial charge in [0.1, 0.15) is 11.6 Å². The molecule has 0 saturated heterocycles. The van der Waals surface area contributed by atoms with Gasteiger partial charge in [-0.1, -0.05) is 24.3 Å². The highest BCUT2D eigenvalue weighted by Crippen LogP contribution is 2.47. The lowest BCUT2D eigenvalue weighted by atomic mass is 9.79. The Morgan fingerprint density at radius 3 is 2.58 bits per heavy atom. The van der Waals surface area contributed by atoms with E-state index in [1.54, 1.807) is 18.3 Å². The lowest BCUT2D eigenvalue weighted by Crippen LogP contribution is -2.35. The van der Waals surface area contributed by atoms with Crippen molar-refractivity contribution in [3.8, 4) is 5.75 Å². The summed E-state index contributed by atoms with van der Waals surface area (Å²) in [5, 5.41) is 13.5. The Labute approximate surface area is 192 Å². The summed E-state index contributed by atoms with van der Waals surface area (Å²) in [4.78, 5) is 22.3. The van der Waals surface area contributed by atoms with Gasteiger partial charge in [0, 0.05) is 22.8 Å². The molecule has 5 heteroatoms. The maximum absolute atomic E-state index is 13.0. The molecule has 6 rings (SSSR count). The van der Waals surface area contributed by atoms with Gasteiger partial charge in [-0.05, 0) is 91.6 Å². The molecule has 4 aromatic rings. The number of nitrogens with zero attached hydrogens (tertiary/aromatic N) is 2. The standard InChI is InChI=1S/C28H25N3O2/c32-23-11-7-18(8-12-23)4-1-2-5-22-10-9-19-14-20-16-28(17-21(20)15-25(19)30-22)24-6-3-13-29-26(24)31-27(28)33/h3,6-15,32H,1-2,4-5,16-17H2,(H,29,31,33). The third-order valence-corrected chi connectivity index (χ3v) is 7.13. The highest BCUT2D eigenvalue weighted by molar-refractivity contribution is 6.06. The van der Waals surface area contributed by atoms with Crippen LogP contribution >= 0.6 is 0 Å². The first-order valence-corrected chi connectivity index (χ1v) is 11.6. The molecule has 1 spiro atoms. The molecule has 2 aromatic heterocycles. The summed E-state index contributed by atoms with van der Waals surface area (Å²) in [6.07, 6.45) is 7.23. The Kier molecular flexibility index (Phi) is 4.64. The first kappa shape index (κ1) is 19.9. The predicted molar refractivity (Wildman–Crippen MR) is 128 cm³/mol. The number of aromatic hydroxyl groups is 1. The zero-order valence-electron chi connectivity index (χ0n) is 18.3. The van der Waals surface area contributed by atoms with Crippen LogP contribution in [-0.2, 0) is 35.9 Å². The van der Waals surface area contributed by atoms with Crippen LogP contribution in [0.1, 0.15) is 40.8 Å². The van der Waals surface area contributed by atoms with Gasteiger partial charge in [0.05, 0.1) is 10.9 Å². The average Bonchev–Trinajstić information content (AvgIpc) is 3.33. The quantitative estimate of drug-likeness (QED) is 0.438. The molecule has 0 bridgehead atoms. The molecule has 5 nitrogen and oxygen atoms in total. The molecule has 0 saturated carbocycles. The third kappa shape index (κ3) is 3.44. The summed E-state index contributed by atoms with van der Waals surface area (Å²) < 4.78 is 0. The van der Waals surface area contributed by atoms with Gasteiger partial charge < -0.3 is 10.4 Å². The van der Waals surface area contributed by atoms with E-state index in [0.717, 1.165) is 47.8 Å². The molecule has 164 valence electrons. The van der Waals surface area contributed by atoms with E-state index in [1.165, 1.54) is 16.7 Å². The van der Waals surface area contributed by atoms with E-state index in [1.807, 2.05) is 24.3 Å². The van der Waals surface area contributed by atoms with Crippen LogP contribution in [0.15, 0.2) is 66.9 Å². The number of carbonyl (C=O) groups is 1. The van der Waals surface area contributed by atoms with E-state index in [2.05, 4.69) is 34.6 Å². The highest BCUT2D eigenvalue weighted by Gasteiger charge is 2.51. The summed E-state index contributed by atoms with van der Waals surface area (Å²) >= 11 is 0. The van der Waals surface area contributed by atoms with Crippen molar-refractivity contribution in [3.05, 3.63) is 94.8 Å². The maximum Gasteiger partial charge on any atom is 0.237 e. The van der Waals surface area contributed by atoms with Gasteiger partial charge in [0.15, 0.2) is 0 Å². The highest BCUT2D eigenvalue weighted by atomic mass is 16.3. The van der Waals surface area contributed by atoms with E-state index in [0.29, 0.717) is 24.4 Å². The van der Waals surface area contributed by atoms with Crippen LogP contribution in [0.4, 0.5) is 5.82 Å². The van der Waals surface area contributed by atoms with Crippen LogP contribution in [0.5, 0.6) is 5.75 Å². The van der Waals surface area contributed by atoms with Gasteiger partial charge >= 0.3 is 0 Å². The average molecular weight is 436 g/mol. The molecule has 1 unspecified atom stereocenters. The van der Waals surface area contributed by atoms with Gasteiger partial charge in [-0.25, -0.2) is 4.98 Å². The first-order valence-electron chi connectivity index (χ1n) is 11.6. The largest absolute Gasteiger partial charge is 0.508 e. The van der Waals surface area contributed by atoms with Crippen LogP contribution in [0.25, 0.3) is 10.9 Å². The summed E-state index contributed by atoms with van der Waals surface area (Å²) in [5.41, 5.74) is 6.28. The molecule has 1 aliphatic carbocycles. The first-order chi connectivity index (χ1) is 16.1. The normalized spacial score (nSPS) is 18.5.